The molecular formula is C17H24N2O2. The van der Waals surface area contributed by atoms with Gasteiger partial charge in [0, 0.05) is 19.6 Å². The molecule has 0 bridgehead atoms. The fourth-order valence-electron chi connectivity index (χ4n) is 2.40. The maximum absolute atomic E-state index is 5.53. The van der Waals surface area contributed by atoms with Crippen LogP contribution in [0.1, 0.15) is 25.2 Å². The molecule has 21 heavy (non-hydrogen) atoms. The lowest BCUT2D eigenvalue weighted by molar-refractivity contribution is 0.413. The second-order valence-electron chi connectivity index (χ2n) is 4.86. The third kappa shape index (κ3) is 4.02. The standard InChI is InChI=1S/C17H24N2O2/c1-4-19(5-2)16-9-8-14(11-17(16)20-3)12-18-13-15-7-6-10-21-15/h6-11,18H,4-5,12-13H2,1-3H3. The molecule has 0 fully saturated rings. The van der Waals surface area contributed by atoms with E-state index in [4.69, 9.17) is 9.15 Å². The minimum Gasteiger partial charge on any atom is -0.495 e. The quantitative estimate of drug-likeness (QED) is 0.807. The Morgan fingerprint density at radius 2 is 1.95 bits per heavy atom. The minimum absolute atomic E-state index is 0.729. The summed E-state index contributed by atoms with van der Waals surface area (Å²) in [4.78, 5) is 2.29. The molecule has 0 unspecified atom stereocenters. The van der Waals surface area contributed by atoms with E-state index in [1.165, 1.54) is 5.56 Å². The van der Waals surface area contributed by atoms with Gasteiger partial charge in [0.25, 0.3) is 0 Å². The number of anilines is 1. The summed E-state index contributed by atoms with van der Waals surface area (Å²) in [6.45, 7) is 7.78. The van der Waals surface area contributed by atoms with E-state index in [1.54, 1.807) is 13.4 Å². The number of furan rings is 1. The summed E-state index contributed by atoms with van der Waals surface area (Å²) in [5, 5.41) is 3.37. The highest BCUT2D eigenvalue weighted by molar-refractivity contribution is 5.59. The molecule has 1 aromatic heterocycles. The molecule has 2 aromatic rings. The summed E-state index contributed by atoms with van der Waals surface area (Å²) in [5.41, 5.74) is 2.35. The van der Waals surface area contributed by atoms with Crippen molar-refractivity contribution in [2.24, 2.45) is 0 Å². The van der Waals surface area contributed by atoms with Crippen LogP contribution in [0, 0.1) is 0 Å². The van der Waals surface area contributed by atoms with Crippen LogP contribution in [0.3, 0.4) is 0 Å². The summed E-state index contributed by atoms with van der Waals surface area (Å²) >= 11 is 0. The molecule has 114 valence electrons. The van der Waals surface area contributed by atoms with Gasteiger partial charge in [-0.2, -0.15) is 0 Å². The largest absolute Gasteiger partial charge is 0.495 e. The van der Waals surface area contributed by atoms with Gasteiger partial charge in [-0.15, -0.1) is 0 Å². The van der Waals surface area contributed by atoms with E-state index in [-0.39, 0.29) is 0 Å². The lowest BCUT2D eigenvalue weighted by Crippen LogP contribution is -2.22. The van der Waals surface area contributed by atoms with Gasteiger partial charge >= 0.3 is 0 Å². The second kappa shape index (κ2) is 7.74. The van der Waals surface area contributed by atoms with Gasteiger partial charge in [-0.3, -0.25) is 0 Å². The Balaban J connectivity index is 2.01. The summed E-state index contributed by atoms with van der Waals surface area (Å²) in [6, 6.07) is 10.2. The molecule has 0 radical (unpaired) electrons. The predicted octanol–water partition coefficient (Wildman–Crippen LogP) is 3.42. The van der Waals surface area contributed by atoms with E-state index in [9.17, 15) is 0 Å². The number of benzene rings is 1. The third-order valence-electron chi connectivity index (χ3n) is 3.56. The van der Waals surface area contributed by atoms with Crippen LogP contribution in [0.25, 0.3) is 0 Å². The second-order valence-corrected chi connectivity index (χ2v) is 4.86. The molecule has 2 rings (SSSR count). The molecule has 1 N–H and O–H groups in total. The van der Waals surface area contributed by atoms with Crippen LogP contribution >= 0.6 is 0 Å². The number of nitrogens with zero attached hydrogens (tertiary/aromatic N) is 1. The van der Waals surface area contributed by atoms with E-state index < -0.39 is 0 Å². The first-order valence-corrected chi connectivity index (χ1v) is 7.43. The van der Waals surface area contributed by atoms with E-state index in [2.05, 4.69) is 42.3 Å². The molecule has 0 amide bonds. The summed E-state index contributed by atoms with van der Waals surface area (Å²) in [7, 11) is 1.72. The summed E-state index contributed by atoms with van der Waals surface area (Å²) in [6.07, 6.45) is 1.69. The topological polar surface area (TPSA) is 37.6 Å². The Labute approximate surface area is 126 Å². The van der Waals surface area contributed by atoms with Crippen molar-refractivity contribution in [1.82, 2.24) is 5.32 Å². The first-order chi connectivity index (χ1) is 10.3. The Kier molecular flexibility index (Phi) is 5.69. The van der Waals surface area contributed by atoms with Gasteiger partial charge < -0.3 is 19.4 Å². The number of nitrogens with one attached hydrogen (secondary N) is 1. The van der Waals surface area contributed by atoms with Gasteiger partial charge in [0.1, 0.15) is 11.5 Å². The lowest BCUT2D eigenvalue weighted by Gasteiger charge is -2.23. The average molecular weight is 288 g/mol. The van der Waals surface area contributed by atoms with Crippen LogP contribution in [0.4, 0.5) is 5.69 Å². The van der Waals surface area contributed by atoms with Crippen molar-refractivity contribution in [3.05, 3.63) is 47.9 Å². The van der Waals surface area contributed by atoms with Gasteiger partial charge in [-0.25, -0.2) is 0 Å². The molecule has 0 aliphatic rings. The van der Waals surface area contributed by atoms with Gasteiger partial charge in [-0.1, -0.05) is 6.07 Å². The van der Waals surface area contributed by atoms with E-state index >= 15 is 0 Å². The first kappa shape index (κ1) is 15.4. The van der Waals surface area contributed by atoms with Crippen molar-refractivity contribution < 1.29 is 9.15 Å². The Bertz CT molecular complexity index is 534. The van der Waals surface area contributed by atoms with E-state index in [0.29, 0.717) is 0 Å². The maximum Gasteiger partial charge on any atom is 0.142 e. The first-order valence-electron chi connectivity index (χ1n) is 7.43. The SMILES string of the molecule is CCN(CC)c1ccc(CNCc2ccco2)cc1OC. The normalized spacial score (nSPS) is 10.6. The van der Waals surface area contributed by atoms with Crippen molar-refractivity contribution in [1.29, 1.82) is 0 Å². The average Bonchev–Trinajstić information content (AvgIpc) is 3.03. The van der Waals surface area contributed by atoms with Gasteiger partial charge in [0.2, 0.25) is 0 Å². The molecular weight excluding hydrogens is 264 g/mol. The summed E-state index contributed by atoms with van der Waals surface area (Å²) in [5.74, 6) is 1.87. The van der Waals surface area contributed by atoms with E-state index in [0.717, 1.165) is 43.4 Å². The molecule has 4 heteroatoms. The zero-order chi connectivity index (χ0) is 15.1. The van der Waals surface area contributed by atoms with Crippen molar-refractivity contribution in [3.8, 4) is 5.75 Å². The number of rotatable bonds is 8. The highest BCUT2D eigenvalue weighted by Gasteiger charge is 2.09. The van der Waals surface area contributed by atoms with Gasteiger partial charge in [0.05, 0.1) is 25.6 Å². The van der Waals surface area contributed by atoms with Gasteiger partial charge in [0.15, 0.2) is 0 Å². The van der Waals surface area contributed by atoms with Crippen molar-refractivity contribution >= 4 is 5.69 Å². The highest BCUT2D eigenvalue weighted by atomic mass is 16.5. The van der Waals surface area contributed by atoms with Crippen LogP contribution < -0.4 is 15.0 Å². The molecule has 0 aliphatic heterocycles. The molecule has 0 saturated heterocycles. The fourth-order valence-corrected chi connectivity index (χ4v) is 2.40. The van der Waals surface area contributed by atoms with Crippen molar-refractivity contribution in [2.75, 3.05) is 25.1 Å². The smallest absolute Gasteiger partial charge is 0.142 e. The number of hydrogen-bond donors (Lipinski definition) is 1. The number of methoxy groups -OCH3 is 1. The predicted molar refractivity (Wildman–Crippen MR) is 85.8 cm³/mol. The monoisotopic (exact) mass is 288 g/mol. The molecule has 0 aliphatic carbocycles. The molecule has 0 saturated carbocycles. The maximum atomic E-state index is 5.53. The van der Waals surface area contributed by atoms with Crippen molar-refractivity contribution in [3.63, 3.8) is 0 Å². The Morgan fingerprint density at radius 1 is 1.14 bits per heavy atom. The zero-order valence-electron chi connectivity index (χ0n) is 13.1. The van der Waals surface area contributed by atoms with Crippen molar-refractivity contribution in [2.45, 2.75) is 26.9 Å². The third-order valence-corrected chi connectivity index (χ3v) is 3.56. The lowest BCUT2D eigenvalue weighted by atomic mass is 10.1. The van der Waals surface area contributed by atoms with Gasteiger partial charge in [-0.05, 0) is 43.7 Å². The number of ether oxygens (including phenoxy) is 1. The molecule has 0 spiro atoms. The molecule has 1 aromatic carbocycles. The van der Waals surface area contributed by atoms with Crippen LogP contribution in [-0.2, 0) is 13.1 Å². The molecule has 4 nitrogen and oxygen atoms in total. The van der Waals surface area contributed by atoms with Crippen LogP contribution in [0.15, 0.2) is 41.0 Å². The van der Waals surface area contributed by atoms with Crippen LogP contribution in [-0.4, -0.2) is 20.2 Å². The Hall–Kier alpha value is -1.94. The van der Waals surface area contributed by atoms with E-state index in [1.807, 2.05) is 12.1 Å². The highest BCUT2D eigenvalue weighted by Crippen LogP contribution is 2.29. The molecule has 1 heterocycles. The van der Waals surface area contributed by atoms with Crippen LogP contribution in [0.5, 0.6) is 5.75 Å². The molecule has 0 atom stereocenters. The minimum atomic E-state index is 0.729. The number of hydrogen-bond acceptors (Lipinski definition) is 4. The van der Waals surface area contributed by atoms with Crippen LogP contribution in [0.2, 0.25) is 0 Å². The fraction of sp³-hybridized carbons (Fsp3) is 0.412. The summed E-state index contributed by atoms with van der Waals surface area (Å²) < 4.78 is 10.8. The zero-order valence-corrected chi connectivity index (χ0v) is 13.1. The Morgan fingerprint density at radius 3 is 2.57 bits per heavy atom.